The van der Waals surface area contributed by atoms with E-state index in [0.717, 1.165) is 11.1 Å². The van der Waals surface area contributed by atoms with Crippen LogP contribution < -0.4 is 0 Å². The second-order valence-corrected chi connectivity index (χ2v) is 19.9. The number of aromatic nitrogens is 2. The van der Waals surface area contributed by atoms with Crippen LogP contribution in [0.25, 0.3) is 10.8 Å². The fraction of sp³-hybridized carbons (Fsp3) is 0.483. The zero-order valence-electron chi connectivity index (χ0n) is 25.1. The van der Waals surface area contributed by atoms with Gasteiger partial charge in [0.15, 0.2) is 18.2 Å². The number of carbonyl (C=O) groups excluding carboxylic acids is 2. The molecule has 2 aliphatic rings. The van der Waals surface area contributed by atoms with Gasteiger partial charge in [0.2, 0.25) is 0 Å². The molecular weight excluding hydrogens is 610 g/mol. The second kappa shape index (κ2) is 11.6. The van der Waals surface area contributed by atoms with Gasteiger partial charge in [0.05, 0.1) is 35.7 Å². The molecule has 0 aliphatic carbocycles. The van der Waals surface area contributed by atoms with Crippen LogP contribution in [-0.4, -0.2) is 96.3 Å². The molecule has 1 N–H and O–H groups in total. The number of hydrogen-bond donors (Lipinski definition) is 1. The molecule has 0 spiro atoms. The minimum atomic E-state index is -3.94. The Bertz CT molecular complexity index is 1660. The van der Waals surface area contributed by atoms with E-state index in [2.05, 4.69) is 38.8 Å². The standard InChI is InChI=1S/C29H38ClN5O6SSi/c1-29(2,3)43(4,5)41-18-26-31-16-23-17-34(28(38)35(23)26)33-12-10-32(11-13-33)27(37)25(36)19-42(39,40)24-9-7-20-14-22(30)8-6-21(20)15-24/h6-9,14-16,25,36H,10-13,17-19H2,1-5H3/t25-/m1/s1. The van der Waals surface area contributed by atoms with Gasteiger partial charge in [0, 0.05) is 31.2 Å². The third kappa shape index (κ3) is 6.38. The van der Waals surface area contributed by atoms with E-state index >= 15 is 0 Å². The van der Waals surface area contributed by atoms with Crippen molar-refractivity contribution in [2.45, 2.75) is 63.1 Å². The van der Waals surface area contributed by atoms with Gasteiger partial charge in [-0.1, -0.05) is 44.5 Å². The van der Waals surface area contributed by atoms with Crippen molar-refractivity contribution in [2.24, 2.45) is 0 Å². The number of hydrogen-bond acceptors (Lipinski definition) is 8. The van der Waals surface area contributed by atoms with Gasteiger partial charge in [-0.3, -0.25) is 9.80 Å². The van der Waals surface area contributed by atoms with Crippen LogP contribution in [-0.2, 0) is 32.2 Å². The van der Waals surface area contributed by atoms with Gasteiger partial charge >= 0.3 is 6.03 Å². The Kier molecular flexibility index (Phi) is 8.53. The van der Waals surface area contributed by atoms with Crippen LogP contribution in [0.15, 0.2) is 47.5 Å². The van der Waals surface area contributed by atoms with Gasteiger partial charge in [-0.25, -0.2) is 27.8 Å². The number of rotatable bonds is 8. The van der Waals surface area contributed by atoms with Crippen molar-refractivity contribution >= 4 is 52.5 Å². The highest BCUT2D eigenvalue weighted by Crippen LogP contribution is 2.37. The zero-order valence-corrected chi connectivity index (χ0v) is 27.7. The summed E-state index contributed by atoms with van der Waals surface area (Å²) in [4.78, 5) is 32.3. The maximum absolute atomic E-state index is 13.4. The third-order valence-corrected chi connectivity index (χ3v) is 15.1. The molecule has 2 aromatic carbocycles. The Morgan fingerprint density at radius 3 is 2.42 bits per heavy atom. The summed E-state index contributed by atoms with van der Waals surface area (Å²) in [7, 11) is -5.97. The average molecular weight is 648 g/mol. The van der Waals surface area contributed by atoms with Gasteiger partial charge in [0.1, 0.15) is 11.9 Å². The van der Waals surface area contributed by atoms with Gasteiger partial charge in [-0.15, -0.1) is 0 Å². The summed E-state index contributed by atoms with van der Waals surface area (Å²) in [6, 6.07) is 9.53. The monoisotopic (exact) mass is 647 g/mol. The van der Waals surface area contributed by atoms with Crippen molar-refractivity contribution in [1.82, 2.24) is 24.5 Å². The smallest absolute Gasteiger partial charge is 0.344 e. The number of aliphatic hydroxyl groups is 1. The number of halogens is 1. The molecule has 0 bridgehead atoms. The molecule has 232 valence electrons. The Morgan fingerprint density at radius 2 is 1.74 bits per heavy atom. The Balaban J connectivity index is 1.17. The van der Waals surface area contributed by atoms with E-state index in [9.17, 15) is 23.1 Å². The summed E-state index contributed by atoms with van der Waals surface area (Å²) in [5.41, 5.74) is 0.773. The molecule has 0 unspecified atom stereocenters. The first-order valence-corrected chi connectivity index (χ1v) is 19.2. The molecule has 1 saturated heterocycles. The van der Waals surface area contributed by atoms with Gasteiger partial charge in [0.25, 0.3) is 5.91 Å². The SMILES string of the molecule is CC(C)(C)[Si](C)(C)OCc1ncc2n1C(=O)N(N1CCN(C(=O)[C@H](O)CS(=O)(=O)c3ccc4cc(Cl)ccc4c3)CC1)C2. The predicted molar refractivity (Wildman–Crippen MR) is 166 cm³/mol. The van der Waals surface area contributed by atoms with Crippen LogP contribution in [0.5, 0.6) is 0 Å². The highest BCUT2D eigenvalue weighted by atomic mass is 35.5. The van der Waals surface area contributed by atoms with Crippen molar-refractivity contribution in [2.75, 3.05) is 31.9 Å². The van der Waals surface area contributed by atoms with Crippen LogP contribution >= 0.6 is 11.6 Å². The number of hydrazine groups is 1. The molecule has 1 fully saturated rings. The van der Waals surface area contributed by atoms with Gasteiger partial charge < -0.3 is 14.4 Å². The lowest BCUT2D eigenvalue weighted by Crippen LogP contribution is -2.57. The number of benzene rings is 2. The predicted octanol–water partition coefficient (Wildman–Crippen LogP) is 3.89. The lowest BCUT2D eigenvalue weighted by molar-refractivity contribution is -0.143. The number of aliphatic hydroxyl groups excluding tert-OH is 1. The molecule has 1 aromatic heterocycles. The molecule has 3 heterocycles. The molecular formula is C29H38ClN5O6SSi. The van der Waals surface area contributed by atoms with E-state index in [1.54, 1.807) is 40.0 Å². The minimum absolute atomic E-state index is 0.0269. The highest BCUT2D eigenvalue weighted by molar-refractivity contribution is 7.91. The minimum Gasteiger partial charge on any atom is -0.409 e. The summed E-state index contributed by atoms with van der Waals surface area (Å²) >= 11 is 6.02. The number of fused-ring (bicyclic) bond motifs is 2. The normalized spacial score (nSPS) is 17.5. The maximum Gasteiger partial charge on any atom is 0.344 e. The molecule has 43 heavy (non-hydrogen) atoms. The topological polar surface area (TPSA) is 125 Å². The summed E-state index contributed by atoms with van der Waals surface area (Å²) in [5, 5.41) is 16.2. The molecule has 0 saturated carbocycles. The molecule has 2 aliphatic heterocycles. The molecule has 2 amide bonds. The number of amides is 2. The fourth-order valence-electron chi connectivity index (χ4n) is 5.03. The van der Waals surface area contributed by atoms with E-state index in [0.29, 0.717) is 35.9 Å². The second-order valence-electron chi connectivity index (χ2n) is 12.6. The van der Waals surface area contributed by atoms with E-state index in [-0.39, 0.29) is 35.7 Å². The first-order chi connectivity index (χ1) is 20.1. The number of piperazine rings is 1. The zero-order chi connectivity index (χ0) is 31.3. The van der Waals surface area contributed by atoms with Crippen LogP contribution in [0.2, 0.25) is 23.2 Å². The van der Waals surface area contributed by atoms with Crippen molar-refractivity contribution in [3.8, 4) is 0 Å². The molecule has 11 nitrogen and oxygen atoms in total. The Hall–Kier alpha value is -2.81. The van der Waals surface area contributed by atoms with Crippen LogP contribution in [0, 0.1) is 0 Å². The Morgan fingerprint density at radius 1 is 1.09 bits per heavy atom. The average Bonchev–Trinajstić information content (AvgIpc) is 3.50. The quantitative estimate of drug-likeness (QED) is 0.365. The first kappa shape index (κ1) is 31.6. The number of carbonyl (C=O) groups is 2. The van der Waals surface area contributed by atoms with Crippen molar-refractivity contribution < 1.29 is 27.5 Å². The Labute approximate surface area is 258 Å². The number of imidazole rings is 1. The van der Waals surface area contributed by atoms with Crippen molar-refractivity contribution in [3.05, 3.63) is 59.1 Å². The summed E-state index contributed by atoms with van der Waals surface area (Å²) in [6.07, 6.45) is -0.00933. The van der Waals surface area contributed by atoms with E-state index in [1.807, 2.05) is 5.01 Å². The number of sulfone groups is 1. The summed E-state index contributed by atoms with van der Waals surface area (Å²) in [6.45, 7) is 12.6. The lowest BCUT2D eigenvalue weighted by Gasteiger charge is -2.39. The maximum atomic E-state index is 13.4. The molecule has 5 rings (SSSR count). The van der Waals surface area contributed by atoms with Crippen LogP contribution in [0.1, 0.15) is 32.3 Å². The first-order valence-electron chi connectivity index (χ1n) is 14.2. The molecule has 1 atom stereocenters. The fourth-order valence-corrected chi connectivity index (χ4v) is 7.46. The third-order valence-electron chi connectivity index (χ3n) is 8.70. The summed E-state index contributed by atoms with van der Waals surface area (Å²) < 4.78 is 34.0. The molecule has 14 heteroatoms. The summed E-state index contributed by atoms with van der Waals surface area (Å²) in [5.74, 6) is -0.803. The largest absolute Gasteiger partial charge is 0.409 e. The van der Waals surface area contributed by atoms with Crippen molar-refractivity contribution in [1.29, 1.82) is 0 Å². The van der Waals surface area contributed by atoms with Gasteiger partial charge in [-0.05, 0) is 53.2 Å². The molecule has 3 aromatic rings. The van der Waals surface area contributed by atoms with Crippen LogP contribution in [0.3, 0.4) is 0 Å². The van der Waals surface area contributed by atoms with E-state index in [1.165, 1.54) is 17.0 Å². The van der Waals surface area contributed by atoms with E-state index < -0.39 is 35.9 Å². The molecule has 0 radical (unpaired) electrons. The van der Waals surface area contributed by atoms with Crippen molar-refractivity contribution in [3.63, 3.8) is 0 Å². The van der Waals surface area contributed by atoms with Crippen LogP contribution in [0.4, 0.5) is 4.79 Å². The number of nitrogens with zero attached hydrogens (tertiary/aromatic N) is 5. The van der Waals surface area contributed by atoms with E-state index in [4.69, 9.17) is 16.0 Å². The highest BCUT2D eigenvalue weighted by Gasteiger charge is 2.40. The van der Waals surface area contributed by atoms with Gasteiger partial charge in [-0.2, -0.15) is 0 Å². The lowest BCUT2D eigenvalue weighted by atomic mass is 10.1.